The van der Waals surface area contributed by atoms with E-state index in [0.29, 0.717) is 12.3 Å². The third-order valence-corrected chi connectivity index (χ3v) is 6.66. The predicted molar refractivity (Wildman–Crippen MR) is 102 cm³/mol. The van der Waals surface area contributed by atoms with Gasteiger partial charge in [0.15, 0.2) is 5.43 Å². The Morgan fingerprint density at radius 3 is 2.77 bits per heavy atom. The lowest BCUT2D eigenvalue weighted by Crippen LogP contribution is -2.54. The molecule has 1 amide bonds. The predicted octanol–water partition coefficient (Wildman–Crippen LogP) is 2.61. The highest BCUT2D eigenvalue weighted by molar-refractivity contribution is 5.77. The van der Waals surface area contributed by atoms with E-state index in [0.717, 1.165) is 61.9 Å². The van der Waals surface area contributed by atoms with Crippen molar-refractivity contribution in [3.8, 4) is 0 Å². The molecule has 1 aliphatic carbocycles. The van der Waals surface area contributed by atoms with Gasteiger partial charge in [-0.1, -0.05) is 0 Å². The number of piperidine rings is 2. The van der Waals surface area contributed by atoms with Crippen molar-refractivity contribution < 1.29 is 4.79 Å². The maximum atomic E-state index is 12.3. The van der Waals surface area contributed by atoms with Crippen LogP contribution in [0.4, 0.5) is 0 Å². The van der Waals surface area contributed by atoms with Crippen LogP contribution in [0.5, 0.6) is 0 Å². The number of nitrogens with one attached hydrogen (secondary N) is 1. The molecule has 0 unspecified atom stereocenters. The number of pyridine rings is 1. The molecule has 0 bridgehead atoms. The Hall–Kier alpha value is -1.62. The van der Waals surface area contributed by atoms with Crippen LogP contribution in [0.1, 0.15) is 55.3 Å². The summed E-state index contributed by atoms with van der Waals surface area (Å²) in [5.41, 5.74) is 3.07. The molecule has 5 nitrogen and oxygen atoms in total. The molecule has 2 saturated heterocycles. The lowest BCUT2D eigenvalue weighted by Gasteiger charge is -2.48. The number of aryl methyl sites for hydroxylation is 1. The molecule has 3 heterocycles. The van der Waals surface area contributed by atoms with Gasteiger partial charge in [-0.3, -0.25) is 14.5 Å². The molecular weight excluding hydrogens is 326 g/mol. The zero-order valence-electron chi connectivity index (χ0n) is 16.1. The van der Waals surface area contributed by atoms with Crippen molar-refractivity contribution in [3.05, 3.63) is 33.2 Å². The molecule has 5 heteroatoms. The van der Waals surface area contributed by atoms with E-state index in [9.17, 15) is 9.59 Å². The van der Waals surface area contributed by atoms with E-state index in [1.54, 1.807) is 0 Å². The van der Waals surface area contributed by atoms with Gasteiger partial charge in [-0.2, -0.15) is 0 Å². The number of carbonyl (C=O) groups excluding carboxylic acids is 1. The van der Waals surface area contributed by atoms with Crippen LogP contribution in [0.3, 0.4) is 0 Å². The van der Waals surface area contributed by atoms with Crippen LogP contribution in [-0.4, -0.2) is 46.9 Å². The van der Waals surface area contributed by atoms with Crippen LogP contribution >= 0.6 is 0 Å². The second-order valence-corrected chi connectivity index (χ2v) is 8.94. The molecule has 1 atom stereocenters. The second-order valence-electron chi connectivity index (χ2n) is 8.94. The Labute approximate surface area is 155 Å². The van der Waals surface area contributed by atoms with Crippen molar-refractivity contribution in [2.24, 2.45) is 11.3 Å². The fourth-order valence-electron chi connectivity index (χ4n) is 4.85. The Balaban J connectivity index is 1.46. The first kappa shape index (κ1) is 17.8. The number of rotatable bonds is 4. The molecule has 4 rings (SSSR count). The third-order valence-electron chi connectivity index (χ3n) is 6.66. The number of nitrogens with zero attached hydrogens (tertiary/aromatic N) is 2. The summed E-state index contributed by atoms with van der Waals surface area (Å²) in [7, 11) is 0. The van der Waals surface area contributed by atoms with Gasteiger partial charge in [0.2, 0.25) is 5.91 Å². The summed E-state index contributed by atoms with van der Waals surface area (Å²) in [4.78, 5) is 32.5. The number of likely N-dealkylation sites (tertiary alicyclic amines) is 2. The summed E-state index contributed by atoms with van der Waals surface area (Å²) >= 11 is 0. The molecule has 0 radical (unpaired) electrons. The van der Waals surface area contributed by atoms with E-state index in [-0.39, 0.29) is 10.8 Å². The van der Waals surface area contributed by atoms with Gasteiger partial charge < -0.3 is 9.88 Å². The number of hydrogen-bond donors (Lipinski definition) is 1. The van der Waals surface area contributed by atoms with Crippen LogP contribution in [0.15, 0.2) is 11.0 Å². The fourth-order valence-corrected chi connectivity index (χ4v) is 4.85. The molecule has 3 fully saturated rings. The van der Waals surface area contributed by atoms with Crippen LogP contribution < -0.4 is 5.43 Å². The van der Waals surface area contributed by atoms with Crippen molar-refractivity contribution in [2.75, 3.05) is 26.2 Å². The van der Waals surface area contributed by atoms with E-state index in [1.165, 1.54) is 25.7 Å². The van der Waals surface area contributed by atoms with Crippen LogP contribution in [-0.2, 0) is 11.3 Å². The monoisotopic (exact) mass is 357 g/mol. The van der Waals surface area contributed by atoms with Crippen molar-refractivity contribution in [1.29, 1.82) is 0 Å². The maximum Gasteiger partial charge on any atom is 0.222 e. The largest absolute Gasteiger partial charge is 0.363 e. The number of aromatic nitrogens is 1. The van der Waals surface area contributed by atoms with E-state index >= 15 is 0 Å². The van der Waals surface area contributed by atoms with Crippen molar-refractivity contribution in [3.63, 3.8) is 0 Å². The minimum absolute atomic E-state index is 0.157. The van der Waals surface area contributed by atoms with Gasteiger partial charge in [0, 0.05) is 61.0 Å². The first-order chi connectivity index (χ1) is 12.5. The molecule has 1 aromatic heterocycles. The number of aromatic amines is 1. The van der Waals surface area contributed by atoms with E-state index in [2.05, 4.69) is 14.8 Å². The molecule has 3 aliphatic rings. The molecule has 1 aromatic rings. The molecule has 1 spiro atoms. The first-order valence-electron chi connectivity index (χ1n) is 10.1. The quantitative estimate of drug-likeness (QED) is 0.901. The smallest absolute Gasteiger partial charge is 0.222 e. The summed E-state index contributed by atoms with van der Waals surface area (Å²) < 4.78 is 0. The number of H-pyrrole nitrogens is 1. The zero-order chi connectivity index (χ0) is 18.3. The fraction of sp³-hybridized carbons (Fsp3) is 0.714. The van der Waals surface area contributed by atoms with Gasteiger partial charge in [0.25, 0.3) is 0 Å². The second kappa shape index (κ2) is 6.84. The lowest BCUT2D eigenvalue weighted by molar-refractivity contribution is -0.139. The van der Waals surface area contributed by atoms with Gasteiger partial charge in [-0.05, 0) is 58.4 Å². The molecule has 1 N–H and O–H groups in total. The highest BCUT2D eigenvalue weighted by Crippen LogP contribution is 2.41. The number of hydrogen-bond acceptors (Lipinski definition) is 3. The van der Waals surface area contributed by atoms with Crippen LogP contribution in [0.2, 0.25) is 0 Å². The molecule has 2 aliphatic heterocycles. The SMILES string of the molecule is Cc1c[nH]c(CN2CCC[C@@]3(CCC(=O)N(CC4CC4)C3)C2)c(C)c1=O. The molecule has 142 valence electrons. The van der Waals surface area contributed by atoms with Crippen molar-refractivity contribution >= 4 is 5.91 Å². The van der Waals surface area contributed by atoms with Gasteiger partial charge in [0.1, 0.15) is 0 Å². The molecule has 26 heavy (non-hydrogen) atoms. The minimum atomic E-state index is 0.157. The van der Waals surface area contributed by atoms with Gasteiger partial charge in [-0.25, -0.2) is 0 Å². The average Bonchev–Trinajstić information content (AvgIpc) is 3.43. The first-order valence-corrected chi connectivity index (χ1v) is 10.1. The van der Waals surface area contributed by atoms with E-state index in [4.69, 9.17) is 0 Å². The Morgan fingerprint density at radius 1 is 1.19 bits per heavy atom. The molecule has 1 saturated carbocycles. The maximum absolute atomic E-state index is 12.3. The Morgan fingerprint density at radius 2 is 2.00 bits per heavy atom. The van der Waals surface area contributed by atoms with Crippen LogP contribution in [0.25, 0.3) is 0 Å². The van der Waals surface area contributed by atoms with Gasteiger partial charge in [0.05, 0.1) is 0 Å². The normalized spacial score (nSPS) is 27.3. The van der Waals surface area contributed by atoms with E-state index < -0.39 is 0 Å². The highest BCUT2D eigenvalue weighted by Gasteiger charge is 2.42. The summed E-state index contributed by atoms with van der Waals surface area (Å²) in [6.45, 7) is 8.62. The Bertz CT molecular complexity index is 752. The topological polar surface area (TPSA) is 56.4 Å². The lowest BCUT2D eigenvalue weighted by atomic mass is 9.73. The zero-order valence-corrected chi connectivity index (χ0v) is 16.1. The summed E-state index contributed by atoms with van der Waals surface area (Å²) in [6.07, 6.45) is 8.56. The summed E-state index contributed by atoms with van der Waals surface area (Å²) in [5.74, 6) is 1.12. The standard InChI is InChI=1S/C21H31N3O2/c1-15-10-22-18(16(2)20(15)26)12-23-9-3-7-21(13-23)8-6-19(25)24(14-21)11-17-4-5-17/h10,17H,3-9,11-14H2,1-2H3,(H,22,26)/t21-/m1/s1. The summed E-state index contributed by atoms with van der Waals surface area (Å²) in [5, 5.41) is 0. The highest BCUT2D eigenvalue weighted by atomic mass is 16.2. The number of amides is 1. The minimum Gasteiger partial charge on any atom is -0.363 e. The Kier molecular flexibility index (Phi) is 4.68. The van der Waals surface area contributed by atoms with Crippen molar-refractivity contribution in [2.45, 2.75) is 58.9 Å². The molecule has 0 aromatic carbocycles. The average molecular weight is 357 g/mol. The molecular formula is C21H31N3O2. The summed E-state index contributed by atoms with van der Waals surface area (Å²) in [6, 6.07) is 0. The van der Waals surface area contributed by atoms with Gasteiger partial charge >= 0.3 is 0 Å². The van der Waals surface area contributed by atoms with Crippen molar-refractivity contribution in [1.82, 2.24) is 14.8 Å². The third kappa shape index (κ3) is 3.59. The van der Waals surface area contributed by atoms with E-state index in [1.807, 2.05) is 20.0 Å². The van der Waals surface area contributed by atoms with Crippen LogP contribution in [0, 0.1) is 25.2 Å². The van der Waals surface area contributed by atoms with Gasteiger partial charge in [-0.15, -0.1) is 0 Å². The number of carbonyl (C=O) groups is 1.